The van der Waals surface area contributed by atoms with Crippen molar-refractivity contribution in [3.63, 3.8) is 0 Å². The summed E-state index contributed by atoms with van der Waals surface area (Å²) in [6, 6.07) is 4.71. The van der Waals surface area contributed by atoms with E-state index in [1.807, 2.05) is 0 Å². The Morgan fingerprint density at radius 2 is 1.59 bits per heavy atom. The summed E-state index contributed by atoms with van der Waals surface area (Å²) in [4.78, 5) is 24.6. The fraction of sp³-hybridized carbons (Fsp3) is 0.462. The molecule has 0 spiro atoms. The van der Waals surface area contributed by atoms with Crippen molar-refractivity contribution in [2.24, 2.45) is 0 Å². The first-order chi connectivity index (χ1) is 10.4. The molecule has 0 bridgehead atoms. The van der Waals surface area contributed by atoms with Gasteiger partial charge in [0.15, 0.2) is 0 Å². The molecule has 4 N–H and O–H groups in total. The van der Waals surface area contributed by atoms with Crippen molar-refractivity contribution < 1.29 is 44.1 Å². The second-order valence-corrected chi connectivity index (χ2v) is 4.20. The van der Waals surface area contributed by atoms with Crippen LogP contribution in [0.2, 0.25) is 0 Å². The Bertz CT molecular complexity index is 423. The molecule has 1 heterocycles. The molecule has 0 atom stereocenters. The van der Waals surface area contributed by atoms with E-state index in [1.165, 1.54) is 0 Å². The fourth-order valence-electron chi connectivity index (χ4n) is 1.21. The molecule has 8 nitrogen and oxygen atoms in total. The molecule has 124 valence electrons. The van der Waals surface area contributed by atoms with Crippen LogP contribution in [0, 0.1) is 0 Å². The van der Waals surface area contributed by atoms with Crippen molar-refractivity contribution in [2.75, 3.05) is 6.54 Å². The zero-order chi connectivity index (χ0) is 17.4. The molecule has 0 fully saturated rings. The number of carboxylic acid groups (broad SMARTS) is 2. The second-order valence-electron chi connectivity index (χ2n) is 3.95. The van der Waals surface area contributed by atoms with Gasteiger partial charge in [-0.2, -0.15) is 6.54 Å². The average molecular weight is 351 g/mol. The topological polar surface area (TPSA) is 149 Å². The summed E-state index contributed by atoms with van der Waals surface area (Å²) in [5.74, 6) is -1.96. The zero-order valence-corrected chi connectivity index (χ0v) is 13.6. The molecule has 0 saturated heterocycles. The van der Waals surface area contributed by atoms with Gasteiger partial charge < -0.3 is 15.9 Å². The molecule has 0 aliphatic heterocycles. The Hall–Kier alpha value is -1.61. The van der Waals surface area contributed by atoms with Crippen LogP contribution in [0.3, 0.4) is 0 Å². The number of unbranched alkanes of at least 4 members (excludes halogenated alkanes) is 1. The quantitative estimate of drug-likeness (QED) is 0.703. The molecule has 1 aromatic rings. The minimum atomic E-state index is -1.56. The Labute approximate surface area is 136 Å². The van der Waals surface area contributed by atoms with Crippen LogP contribution in [-0.4, -0.2) is 37.7 Å². The Kier molecular flexibility index (Phi) is 16.3. The van der Waals surface area contributed by atoms with Gasteiger partial charge in [0.1, 0.15) is 0 Å². The predicted molar refractivity (Wildman–Crippen MR) is 73.9 cm³/mol. The number of hydrogen-bond donors (Lipinski definition) is 3. The third-order valence-corrected chi connectivity index (χ3v) is 2.06. The van der Waals surface area contributed by atoms with Crippen molar-refractivity contribution in [3.8, 4) is 0 Å². The van der Waals surface area contributed by atoms with Crippen LogP contribution in [0.25, 0.3) is 5.73 Å². The normalized spacial score (nSPS) is 8.68. The first-order valence-electron chi connectivity index (χ1n) is 6.40. The summed E-state index contributed by atoms with van der Waals surface area (Å²) in [5, 5.41) is 17.0. The zero-order valence-electron chi connectivity index (χ0n) is 12.2. The van der Waals surface area contributed by atoms with Gasteiger partial charge in [-0.25, -0.2) is 0 Å². The van der Waals surface area contributed by atoms with E-state index in [2.05, 4.69) is 11.9 Å². The number of aromatic nitrogens is 1. The number of rotatable bonds is 6. The maximum atomic E-state index is 10.3. The number of carbonyl (C=O) groups is 2. The van der Waals surface area contributed by atoms with Crippen molar-refractivity contribution in [1.82, 2.24) is 4.98 Å². The number of pyridine rings is 1. The molecule has 0 aliphatic carbocycles. The summed E-state index contributed by atoms with van der Waals surface area (Å²) in [6.45, 7) is 2.69. The molecule has 0 radical (unpaired) electrons. The summed E-state index contributed by atoms with van der Waals surface area (Å²) in [7, 11) is 0. The van der Waals surface area contributed by atoms with E-state index in [0.29, 0.717) is 17.9 Å². The van der Waals surface area contributed by atoms with Crippen molar-refractivity contribution in [2.45, 2.75) is 32.6 Å². The van der Waals surface area contributed by atoms with E-state index >= 15 is 0 Å². The van der Waals surface area contributed by atoms with Gasteiger partial charge in [0, 0.05) is 0 Å². The fourth-order valence-corrected chi connectivity index (χ4v) is 1.21. The Morgan fingerprint density at radius 1 is 1.18 bits per heavy atom. The maximum absolute atomic E-state index is 10.3. The molecule has 22 heavy (non-hydrogen) atoms. The number of hydrogen-bond acceptors (Lipinski definition) is 4. The molecule has 0 unspecified atom stereocenters. The first-order valence-corrected chi connectivity index (χ1v) is 7.60. The van der Waals surface area contributed by atoms with Crippen LogP contribution >= 0.6 is 0 Å². The number of nitrogens with one attached hydrogen (secondary N) is 1. The van der Waals surface area contributed by atoms with Crippen LogP contribution in [0.1, 0.15) is 31.2 Å². The standard InChI is InChI=1S/C9H9NO4.C4H10N.H2O.O.V/c11-8(12)4-6-2-1-3-7(10-6)5-9(13)14;1-2-3-4-5;;;/h1-3H,4-5H2,(H,11,12)(H,13,14);5H,2-4H2,1H3;1H2;;/q;-1;;;+1/p-1. The van der Waals surface area contributed by atoms with E-state index in [9.17, 15) is 9.59 Å². The second kappa shape index (κ2) is 15.8. The first kappa shape index (κ1) is 22.7. The van der Waals surface area contributed by atoms with E-state index in [-0.39, 0.29) is 12.8 Å². The number of aliphatic carboxylic acids is 2. The summed E-state index contributed by atoms with van der Waals surface area (Å²) < 4.78 is 15.7. The minimum absolute atomic E-state index is 0.187. The van der Waals surface area contributed by atoms with E-state index in [4.69, 9.17) is 23.7 Å². The van der Waals surface area contributed by atoms with Crippen LogP contribution in [0.5, 0.6) is 0 Å². The van der Waals surface area contributed by atoms with Crippen LogP contribution in [0.15, 0.2) is 18.2 Å². The molecule has 0 saturated carbocycles. The molecule has 0 aliphatic rings. The molecular weight excluding hydrogens is 331 g/mol. The average Bonchev–Trinajstić information content (AvgIpc) is 2.40. The van der Waals surface area contributed by atoms with Gasteiger partial charge in [0.05, 0.1) is 24.2 Å². The molecule has 0 amide bonds. The third kappa shape index (κ3) is 16.4. The van der Waals surface area contributed by atoms with Gasteiger partial charge in [-0.3, -0.25) is 14.6 Å². The molecular formula is C13H20N2O6V-. The molecule has 0 aromatic carbocycles. The van der Waals surface area contributed by atoms with E-state index in [1.54, 1.807) is 18.2 Å². The summed E-state index contributed by atoms with van der Waals surface area (Å²) in [6.07, 6.45) is 1.84. The van der Waals surface area contributed by atoms with Crippen molar-refractivity contribution in [3.05, 3.63) is 35.3 Å². The Morgan fingerprint density at radius 3 is 1.82 bits per heavy atom. The van der Waals surface area contributed by atoms with E-state index < -0.39 is 28.5 Å². The van der Waals surface area contributed by atoms with Gasteiger partial charge in [0.25, 0.3) is 0 Å². The molecule has 1 rings (SSSR count). The van der Waals surface area contributed by atoms with Gasteiger partial charge in [-0.15, -0.1) is 0 Å². The number of carboxylic acids is 2. The number of nitrogens with zero attached hydrogens (tertiary/aromatic N) is 1. The summed E-state index contributed by atoms with van der Waals surface area (Å²) >= 11 is -1.56. The molecule has 9 heteroatoms. The van der Waals surface area contributed by atoms with Gasteiger partial charge in [-0.1, -0.05) is 25.8 Å². The summed E-state index contributed by atoms with van der Waals surface area (Å²) in [5.41, 5.74) is 7.35. The van der Waals surface area contributed by atoms with Crippen LogP contribution in [-0.2, 0) is 42.7 Å². The molecule has 1 aromatic heterocycles. The SMILES string of the molecule is CCCC[NH-].O=C(O)Cc1cccc(CC(=O)O)n1.[O]=[V][OH]. The third-order valence-electron chi connectivity index (χ3n) is 2.06. The Balaban J connectivity index is 0. The predicted octanol–water partition coefficient (Wildman–Crippen LogP) is 1.50. The van der Waals surface area contributed by atoms with Gasteiger partial charge in [-0.05, 0) is 12.1 Å². The monoisotopic (exact) mass is 351 g/mol. The van der Waals surface area contributed by atoms with Crippen LogP contribution in [0.4, 0.5) is 0 Å². The van der Waals surface area contributed by atoms with Gasteiger partial charge in [0.2, 0.25) is 0 Å². The van der Waals surface area contributed by atoms with Crippen molar-refractivity contribution in [1.29, 1.82) is 0 Å². The van der Waals surface area contributed by atoms with Crippen LogP contribution < -0.4 is 0 Å². The van der Waals surface area contributed by atoms with Gasteiger partial charge >= 0.3 is 36.2 Å². The van der Waals surface area contributed by atoms with E-state index in [0.717, 1.165) is 12.8 Å². The van der Waals surface area contributed by atoms with Crippen molar-refractivity contribution >= 4 is 11.9 Å².